The average Bonchev–Trinajstić information content (AvgIpc) is 2.64. The molecule has 0 aromatic carbocycles. The van der Waals surface area contributed by atoms with Gasteiger partial charge in [0.25, 0.3) is 0 Å². The van der Waals surface area contributed by atoms with Crippen molar-refractivity contribution < 1.29 is 8.42 Å². The van der Waals surface area contributed by atoms with E-state index in [9.17, 15) is 8.42 Å². The van der Waals surface area contributed by atoms with Crippen molar-refractivity contribution in [1.82, 2.24) is 4.72 Å². The van der Waals surface area contributed by atoms with Gasteiger partial charge in [-0.3, -0.25) is 0 Å². The molecule has 0 amide bonds. The minimum absolute atomic E-state index is 0.215. The second kappa shape index (κ2) is 5.47. The number of sulfonamides is 1. The minimum atomic E-state index is -3.16. The van der Waals surface area contributed by atoms with Crippen molar-refractivity contribution in [2.24, 2.45) is 11.7 Å². The topological polar surface area (TPSA) is 72.2 Å². The third-order valence-electron chi connectivity index (χ3n) is 3.29. The van der Waals surface area contributed by atoms with Gasteiger partial charge in [-0.25, -0.2) is 13.1 Å². The molecule has 1 aliphatic carbocycles. The molecule has 1 rings (SSSR count). The summed E-state index contributed by atoms with van der Waals surface area (Å²) in [5, 5.41) is 0. The highest BCUT2D eigenvalue weighted by Gasteiger charge is 2.35. The first-order chi connectivity index (χ1) is 7.39. The summed E-state index contributed by atoms with van der Waals surface area (Å²) in [6, 6.07) is 0. The van der Waals surface area contributed by atoms with E-state index < -0.39 is 10.0 Å². The molecule has 16 heavy (non-hydrogen) atoms. The molecule has 4 nitrogen and oxygen atoms in total. The molecule has 3 N–H and O–H groups in total. The normalized spacial score (nSPS) is 20.5. The molecule has 1 aliphatic rings. The Balaban J connectivity index is 2.56. The second-order valence-electron chi connectivity index (χ2n) is 5.30. The van der Waals surface area contributed by atoms with Crippen molar-refractivity contribution in [2.75, 3.05) is 12.3 Å². The number of nitrogens with one attached hydrogen (secondary N) is 1. The molecule has 0 bridgehead atoms. The summed E-state index contributed by atoms with van der Waals surface area (Å²) >= 11 is 0. The fraction of sp³-hybridized carbons (Fsp3) is 1.00. The van der Waals surface area contributed by atoms with Crippen LogP contribution in [0, 0.1) is 5.92 Å². The van der Waals surface area contributed by atoms with Crippen LogP contribution in [-0.4, -0.2) is 26.3 Å². The molecule has 0 aromatic rings. The molecule has 5 heteroatoms. The van der Waals surface area contributed by atoms with Gasteiger partial charge < -0.3 is 5.73 Å². The Kier molecular flexibility index (Phi) is 4.76. The van der Waals surface area contributed by atoms with Gasteiger partial charge in [0.2, 0.25) is 10.0 Å². The van der Waals surface area contributed by atoms with Gasteiger partial charge in [0, 0.05) is 12.1 Å². The molecule has 96 valence electrons. The maximum absolute atomic E-state index is 11.9. The van der Waals surface area contributed by atoms with Gasteiger partial charge in [0.15, 0.2) is 0 Å². The van der Waals surface area contributed by atoms with Crippen LogP contribution in [0.4, 0.5) is 0 Å². The van der Waals surface area contributed by atoms with E-state index in [1.807, 2.05) is 13.8 Å². The molecular weight excluding hydrogens is 224 g/mol. The summed E-state index contributed by atoms with van der Waals surface area (Å²) < 4.78 is 26.6. The first-order valence-corrected chi connectivity index (χ1v) is 7.76. The number of hydrogen-bond donors (Lipinski definition) is 2. The van der Waals surface area contributed by atoms with Crippen LogP contribution < -0.4 is 10.5 Å². The quantitative estimate of drug-likeness (QED) is 0.742. The number of hydrogen-bond acceptors (Lipinski definition) is 3. The lowest BCUT2D eigenvalue weighted by Gasteiger charge is -2.28. The van der Waals surface area contributed by atoms with Crippen LogP contribution in [0.2, 0.25) is 0 Å². The molecular formula is C11H24N2O2S. The Morgan fingerprint density at radius 2 is 1.88 bits per heavy atom. The molecule has 0 radical (unpaired) electrons. The molecule has 1 fully saturated rings. The minimum Gasteiger partial charge on any atom is -0.329 e. The molecule has 0 atom stereocenters. The molecule has 0 heterocycles. The maximum atomic E-state index is 11.9. The zero-order valence-corrected chi connectivity index (χ0v) is 11.1. The van der Waals surface area contributed by atoms with Crippen molar-refractivity contribution in [3.8, 4) is 0 Å². The van der Waals surface area contributed by atoms with Gasteiger partial charge in [-0.15, -0.1) is 0 Å². The Morgan fingerprint density at radius 3 is 2.31 bits per heavy atom. The summed E-state index contributed by atoms with van der Waals surface area (Å²) in [4.78, 5) is 0. The second-order valence-corrected chi connectivity index (χ2v) is 7.14. The van der Waals surface area contributed by atoms with Gasteiger partial charge in [0.1, 0.15) is 0 Å². The zero-order valence-electron chi connectivity index (χ0n) is 10.3. The third-order valence-corrected chi connectivity index (χ3v) is 4.80. The van der Waals surface area contributed by atoms with Crippen LogP contribution in [0.25, 0.3) is 0 Å². The Morgan fingerprint density at radius 1 is 1.31 bits per heavy atom. The fourth-order valence-electron chi connectivity index (χ4n) is 2.17. The van der Waals surface area contributed by atoms with Crippen LogP contribution in [0.3, 0.4) is 0 Å². The summed E-state index contributed by atoms with van der Waals surface area (Å²) in [5.41, 5.74) is 5.35. The maximum Gasteiger partial charge on any atom is 0.212 e. The van der Waals surface area contributed by atoms with E-state index in [0.29, 0.717) is 18.9 Å². The fourth-order valence-corrected chi connectivity index (χ4v) is 4.00. The summed E-state index contributed by atoms with van der Waals surface area (Å²) in [5.74, 6) is 0.626. The van der Waals surface area contributed by atoms with Crippen molar-refractivity contribution in [3.63, 3.8) is 0 Å². The van der Waals surface area contributed by atoms with Crippen LogP contribution in [-0.2, 0) is 10.0 Å². The summed E-state index contributed by atoms with van der Waals surface area (Å²) in [6.45, 7) is 4.47. The molecule has 0 aliphatic heterocycles. The molecule has 0 spiro atoms. The van der Waals surface area contributed by atoms with E-state index in [-0.39, 0.29) is 11.3 Å². The molecule has 0 unspecified atom stereocenters. The van der Waals surface area contributed by atoms with Crippen LogP contribution in [0.15, 0.2) is 0 Å². The van der Waals surface area contributed by atoms with E-state index in [1.165, 1.54) is 0 Å². The Labute approximate surface area is 99.0 Å². The Hall–Kier alpha value is -0.130. The van der Waals surface area contributed by atoms with E-state index in [4.69, 9.17) is 5.73 Å². The number of rotatable bonds is 6. The van der Waals surface area contributed by atoms with Crippen molar-refractivity contribution >= 4 is 10.0 Å². The van der Waals surface area contributed by atoms with Crippen molar-refractivity contribution in [2.45, 2.75) is 51.5 Å². The lowest BCUT2D eigenvalue weighted by atomic mass is 10.0. The largest absolute Gasteiger partial charge is 0.329 e. The zero-order chi connectivity index (χ0) is 12.2. The lowest BCUT2D eigenvalue weighted by molar-refractivity contribution is 0.398. The predicted octanol–water partition coefficient (Wildman–Crippen LogP) is 1.22. The van der Waals surface area contributed by atoms with Crippen LogP contribution >= 0.6 is 0 Å². The highest BCUT2D eigenvalue weighted by Crippen LogP contribution is 2.29. The SMILES string of the molecule is CC(C)CCS(=O)(=O)NC1(CN)CCCC1. The standard InChI is InChI=1S/C11H24N2O2S/c1-10(2)5-8-16(14,15)13-11(9-12)6-3-4-7-11/h10,13H,3-9,12H2,1-2H3. The Bertz CT molecular complexity index is 306. The molecule has 0 aromatic heterocycles. The van der Waals surface area contributed by atoms with Crippen molar-refractivity contribution in [1.29, 1.82) is 0 Å². The predicted molar refractivity (Wildman–Crippen MR) is 66.6 cm³/mol. The van der Waals surface area contributed by atoms with Crippen molar-refractivity contribution in [3.05, 3.63) is 0 Å². The highest BCUT2D eigenvalue weighted by atomic mass is 32.2. The van der Waals surface area contributed by atoms with Crippen LogP contribution in [0.1, 0.15) is 46.0 Å². The first-order valence-electron chi connectivity index (χ1n) is 6.11. The van der Waals surface area contributed by atoms with Gasteiger partial charge >= 0.3 is 0 Å². The highest BCUT2D eigenvalue weighted by molar-refractivity contribution is 7.89. The third kappa shape index (κ3) is 4.03. The van der Waals surface area contributed by atoms with E-state index in [2.05, 4.69) is 4.72 Å². The first kappa shape index (κ1) is 13.9. The van der Waals surface area contributed by atoms with Gasteiger partial charge in [-0.2, -0.15) is 0 Å². The van der Waals surface area contributed by atoms with E-state index >= 15 is 0 Å². The number of nitrogens with two attached hydrogens (primary N) is 1. The van der Waals surface area contributed by atoms with E-state index in [0.717, 1.165) is 25.7 Å². The van der Waals surface area contributed by atoms with Crippen LogP contribution in [0.5, 0.6) is 0 Å². The van der Waals surface area contributed by atoms with E-state index in [1.54, 1.807) is 0 Å². The monoisotopic (exact) mass is 248 g/mol. The average molecular weight is 248 g/mol. The smallest absolute Gasteiger partial charge is 0.212 e. The molecule has 0 saturated heterocycles. The van der Waals surface area contributed by atoms with Gasteiger partial charge in [0.05, 0.1) is 5.75 Å². The van der Waals surface area contributed by atoms with Gasteiger partial charge in [-0.05, 0) is 25.2 Å². The lowest BCUT2D eigenvalue weighted by Crippen LogP contribution is -2.52. The molecule has 1 saturated carbocycles. The van der Waals surface area contributed by atoms with Gasteiger partial charge in [-0.1, -0.05) is 26.7 Å². The summed E-state index contributed by atoms with van der Waals surface area (Å²) in [7, 11) is -3.16. The summed E-state index contributed by atoms with van der Waals surface area (Å²) in [6.07, 6.45) is 4.61.